The van der Waals surface area contributed by atoms with Crippen LogP contribution in [0.25, 0.3) is 0 Å². The Morgan fingerprint density at radius 3 is 2.81 bits per heavy atom. The molecule has 1 aliphatic heterocycles. The third kappa shape index (κ3) is 4.39. The van der Waals surface area contributed by atoms with Gasteiger partial charge in [-0.25, -0.2) is 12.8 Å². The predicted molar refractivity (Wildman–Crippen MR) is 75.3 cm³/mol. The molecule has 1 saturated heterocycles. The fourth-order valence-corrected chi connectivity index (χ4v) is 2.90. The van der Waals surface area contributed by atoms with E-state index in [1.54, 1.807) is 0 Å². The smallest absolute Gasteiger partial charge is 0.261 e. The van der Waals surface area contributed by atoms with Crippen molar-refractivity contribution in [2.75, 3.05) is 19.8 Å². The Hall–Kier alpha value is -1.18. The van der Waals surface area contributed by atoms with Crippen molar-refractivity contribution < 1.29 is 22.3 Å². The molecule has 0 aromatic heterocycles. The molecule has 1 unspecified atom stereocenters. The molecular weight excluding hydrogens is 321 g/mol. The van der Waals surface area contributed by atoms with E-state index >= 15 is 0 Å². The van der Waals surface area contributed by atoms with Gasteiger partial charge in [-0.2, -0.15) is 0 Å². The Morgan fingerprint density at radius 1 is 1.48 bits per heavy atom. The van der Waals surface area contributed by atoms with Crippen LogP contribution in [0.5, 0.6) is 0 Å². The monoisotopic (exact) mass is 335 g/mol. The highest BCUT2D eigenvalue weighted by Gasteiger charge is 2.19. The van der Waals surface area contributed by atoms with Crippen molar-refractivity contribution in [1.29, 1.82) is 0 Å². The molecule has 5 nitrogen and oxygen atoms in total. The molecule has 21 heavy (non-hydrogen) atoms. The SMILES string of the molecule is O=C(NCC1CCCOC1)c1ccc(S(=O)(=O)Cl)cc1F. The second kappa shape index (κ2) is 6.72. The molecule has 0 radical (unpaired) electrons. The van der Waals surface area contributed by atoms with Gasteiger partial charge < -0.3 is 10.1 Å². The lowest BCUT2D eigenvalue weighted by Gasteiger charge is -2.22. The van der Waals surface area contributed by atoms with Gasteiger partial charge >= 0.3 is 0 Å². The highest BCUT2D eigenvalue weighted by Crippen LogP contribution is 2.19. The minimum atomic E-state index is -4.01. The van der Waals surface area contributed by atoms with Gasteiger partial charge in [-0.15, -0.1) is 0 Å². The van der Waals surface area contributed by atoms with Gasteiger partial charge in [-0.1, -0.05) is 0 Å². The molecule has 0 spiro atoms. The van der Waals surface area contributed by atoms with Gasteiger partial charge in [0.25, 0.3) is 15.0 Å². The molecule has 1 amide bonds. The Morgan fingerprint density at radius 2 is 2.24 bits per heavy atom. The van der Waals surface area contributed by atoms with Crippen molar-refractivity contribution in [2.24, 2.45) is 5.92 Å². The standard InChI is InChI=1S/C13H15ClFNO4S/c14-21(18,19)10-3-4-11(12(15)6-10)13(17)16-7-9-2-1-5-20-8-9/h3-4,6,9H,1-2,5,7-8H2,(H,16,17). The van der Waals surface area contributed by atoms with Gasteiger partial charge in [0.1, 0.15) is 5.82 Å². The van der Waals surface area contributed by atoms with Crippen LogP contribution in [-0.2, 0) is 13.8 Å². The Bertz CT molecular complexity index is 629. The fourth-order valence-electron chi connectivity index (χ4n) is 2.13. The normalized spacial score (nSPS) is 19.2. The van der Waals surface area contributed by atoms with Crippen molar-refractivity contribution in [1.82, 2.24) is 5.32 Å². The first-order valence-corrected chi connectivity index (χ1v) is 8.79. The Kier molecular flexibility index (Phi) is 5.18. The number of benzene rings is 1. The van der Waals surface area contributed by atoms with E-state index < -0.39 is 20.8 Å². The minimum absolute atomic E-state index is 0.212. The number of ether oxygens (including phenoxy) is 1. The quantitative estimate of drug-likeness (QED) is 0.853. The van der Waals surface area contributed by atoms with Gasteiger partial charge in [0.2, 0.25) is 0 Å². The Balaban J connectivity index is 2.02. The van der Waals surface area contributed by atoms with Crippen LogP contribution in [0.2, 0.25) is 0 Å². The first-order valence-electron chi connectivity index (χ1n) is 6.48. The zero-order valence-corrected chi connectivity index (χ0v) is 12.7. The second-order valence-corrected chi connectivity index (χ2v) is 7.44. The lowest BCUT2D eigenvalue weighted by atomic mass is 10.0. The van der Waals surface area contributed by atoms with Gasteiger partial charge in [-0.3, -0.25) is 4.79 Å². The van der Waals surface area contributed by atoms with E-state index in [2.05, 4.69) is 5.32 Å². The molecule has 1 aromatic rings. The molecule has 2 rings (SSSR count). The third-order valence-corrected chi connectivity index (χ3v) is 4.62. The van der Waals surface area contributed by atoms with Crippen LogP contribution in [-0.4, -0.2) is 34.1 Å². The van der Waals surface area contributed by atoms with E-state index in [0.717, 1.165) is 37.6 Å². The van der Waals surface area contributed by atoms with Crippen molar-refractivity contribution in [3.8, 4) is 0 Å². The average Bonchev–Trinajstić information content (AvgIpc) is 2.45. The summed E-state index contributed by atoms with van der Waals surface area (Å²) in [6.07, 6.45) is 1.89. The van der Waals surface area contributed by atoms with Crippen LogP contribution in [0.1, 0.15) is 23.2 Å². The van der Waals surface area contributed by atoms with Crippen LogP contribution in [0.4, 0.5) is 4.39 Å². The summed E-state index contributed by atoms with van der Waals surface area (Å²) in [7, 11) is 1.10. The van der Waals surface area contributed by atoms with E-state index in [-0.39, 0.29) is 16.4 Å². The molecule has 116 valence electrons. The number of rotatable bonds is 4. The van der Waals surface area contributed by atoms with Gasteiger partial charge in [0.05, 0.1) is 17.1 Å². The maximum absolute atomic E-state index is 13.8. The molecule has 0 saturated carbocycles. The first-order chi connectivity index (χ1) is 9.88. The summed E-state index contributed by atoms with van der Waals surface area (Å²) in [5.74, 6) is -1.29. The van der Waals surface area contributed by atoms with Crippen LogP contribution in [0.3, 0.4) is 0 Å². The van der Waals surface area contributed by atoms with Gasteiger partial charge in [-0.05, 0) is 37.0 Å². The van der Waals surface area contributed by atoms with Crippen molar-refractivity contribution in [3.63, 3.8) is 0 Å². The summed E-state index contributed by atoms with van der Waals surface area (Å²) < 4.78 is 41.2. The molecule has 1 N–H and O–H groups in total. The number of carbonyl (C=O) groups is 1. The predicted octanol–water partition coefficient (Wildman–Crippen LogP) is 1.91. The molecule has 1 aliphatic rings. The molecule has 8 heteroatoms. The topological polar surface area (TPSA) is 72.5 Å². The molecule has 1 heterocycles. The number of amides is 1. The Labute approximate surface area is 126 Å². The number of halogens is 2. The van der Waals surface area contributed by atoms with Crippen LogP contribution in [0.15, 0.2) is 23.1 Å². The zero-order valence-electron chi connectivity index (χ0n) is 11.1. The number of hydrogen-bond acceptors (Lipinski definition) is 4. The molecule has 1 fully saturated rings. The summed E-state index contributed by atoms with van der Waals surface area (Å²) in [6, 6.07) is 2.95. The zero-order chi connectivity index (χ0) is 15.5. The highest BCUT2D eigenvalue weighted by molar-refractivity contribution is 8.13. The van der Waals surface area contributed by atoms with E-state index in [1.165, 1.54) is 0 Å². The number of carbonyl (C=O) groups excluding carboxylic acids is 1. The summed E-state index contributed by atoms with van der Waals surface area (Å²) in [5.41, 5.74) is -0.212. The summed E-state index contributed by atoms with van der Waals surface area (Å²) in [5, 5.41) is 2.63. The third-order valence-electron chi connectivity index (χ3n) is 3.27. The second-order valence-electron chi connectivity index (χ2n) is 4.87. The van der Waals surface area contributed by atoms with Crippen molar-refractivity contribution in [2.45, 2.75) is 17.7 Å². The number of nitrogens with one attached hydrogen (secondary N) is 1. The average molecular weight is 336 g/mol. The first kappa shape index (κ1) is 16.2. The van der Waals surface area contributed by atoms with Crippen molar-refractivity contribution in [3.05, 3.63) is 29.6 Å². The lowest BCUT2D eigenvalue weighted by Crippen LogP contribution is -2.33. The van der Waals surface area contributed by atoms with Gasteiger partial charge in [0.15, 0.2) is 0 Å². The molecule has 1 atom stereocenters. The van der Waals surface area contributed by atoms with E-state index in [4.69, 9.17) is 15.4 Å². The summed E-state index contributed by atoms with van der Waals surface area (Å²) in [4.78, 5) is 11.5. The number of hydrogen-bond donors (Lipinski definition) is 1. The van der Waals surface area contributed by atoms with Crippen LogP contribution >= 0.6 is 10.7 Å². The largest absolute Gasteiger partial charge is 0.381 e. The molecule has 0 aliphatic carbocycles. The van der Waals surface area contributed by atoms with Crippen molar-refractivity contribution >= 4 is 25.6 Å². The highest BCUT2D eigenvalue weighted by atomic mass is 35.7. The maximum atomic E-state index is 13.8. The molecular formula is C13H15ClFNO4S. The minimum Gasteiger partial charge on any atom is -0.381 e. The maximum Gasteiger partial charge on any atom is 0.261 e. The summed E-state index contributed by atoms with van der Waals surface area (Å²) >= 11 is 0. The van der Waals surface area contributed by atoms with Gasteiger partial charge in [0, 0.05) is 23.8 Å². The molecule has 1 aromatic carbocycles. The van der Waals surface area contributed by atoms with E-state index in [1.807, 2.05) is 0 Å². The van der Waals surface area contributed by atoms with E-state index in [9.17, 15) is 17.6 Å². The molecule has 0 bridgehead atoms. The van der Waals surface area contributed by atoms with Crippen LogP contribution in [0, 0.1) is 11.7 Å². The van der Waals surface area contributed by atoms with E-state index in [0.29, 0.717) is 13.2 Å². The fraction of sp³-hybridized carbons (Fsp3) is 0.462. The van der Waals surface area contributed by atoms with Crippen LogP contribution < -0.4 is 5.32 Å². The lowest BCUT2D eigenvalue weighted by molar-refractivity contribution is 0.0536. The summed E-state index contributed by atoms with van der Waals surface area (Å²) in [6.45, 7) is 1.70.